The molecule has 0 saturated carbocycles. The molecule has 0 radical (unpaired) electrons. The van der Waals surface area contributed by atoms with Crippen molar-refractivity contribution in [1.82, 2.24) is 10.6 Å². The van der Waals surface area contributed by atoms with Crippen LogP contribution in [0.25, 0.3) is 0 Å². The van der Waals surface area contributed by atoms with Gasteiger partial charge in [0.15, 0.2) is 0 Å². The van der Waals surface area contributed by atoms with Crippen LogP contribution >= 0.6 is 0 Å². The van der Waals surface area contributed by atoms with Crippen LogP contribution in [0, 0.1) is 5.92 Å². The molecule has 0 aromatic carbocycles. The number of esters is 1. The Balaban J connectivity index is 3.51. The van der Waals surface area contributed by atoms with E-state index < -0.39 is 0 Å². The number of carbonyl (C=O) groups is 2. The molecule has 5 heteroatoms. The molecule has 0 aromatic rings. The molecule has 0 aliphatic heterocycles. The molecular weight excluding hydrogens is 220 g/mol. The molecule has 0 aliphatic carbocycles. The summed E-state index contributed by atoms with van der Waals surface area (Å²) in [5.41, 5.74) is 0. The number of hydrogen-bond donors (Lipinski definition) is 2. The van der Waals surface area contributed by atoms with E-state index in [0.717, 1.165) is 12.8 Å². The highest BCUT2D eigenvalue weighted by Crippen LogP contribution is 2.09. The van der Waals surface area contributed by atoms with Gasteiger partial charge >= 0.3 is 12.0 Å². The molecule has 2 amide bonds. The lowest BCUT2D eigenvalue weighted by molar-refractivity contribution is -0.148. The zero-order valence-corrected chi connectivity index (χ0v) is 11.0. The van der Waals surface area contributed by atoms with E-state index in [4.69, 9.17) is 4.74 Å². The predicted molar refractivity (Wildman–Crippen MR) is 66.7 cm³/mol. The molecule has 0 saturated heterocycles. The molecule has 0 atom stereocenters. The minimum absolute atomic E-state index is 0.00588. The summed E-state index contributed by atoms with van der Waals surface area (Å²) < 4.78 is 5.12. The van der Waals surface area contributed by atoms with Crippen LogP contribution in [-0.2, 0) is 9.53 Å². The Bertz CT molecular complexity index is 228. The monoisotopic (exact) mass is 244 g/mol. The van der Waals surface area contributed by atoms with Crippen molar-refractivity contribution in [2.75, 3.05) is 19.7 Å². The average molecular weight is 244 g/mol. The van der Waals surface area contributed by atoms with E-state index >= 15 is 0 Å². The van der Waals surface area contributed by atoms with E-state index in [-0.39, 0.29) is 17.9 Å². The smallest absolute Gasteiger partial charge is 0.314 e. The summed E-state index contributed by atoms with van der Waals surface area (Å²) in [5, 5.41) is 5.30. The third-order valence-electron chi connectivity index (χ3n) is 2.51. The van der Waals surface area contributed by atoms with Gasteiger partial charge in [-0.3, -0.25) is 4.79 Å². The lowest BCUT2D eigenvalue weighted by atomic mass is 10.0. The summed E-state index contributed by atoms with van der Waals surface area (Å²) >= 11 is 0. The summed E-state index contributed by atoms with van der Waals surface area (Å²) in [5.74, 6) is -0.126. The van der Waals surface area contributed by atoms with Crippen molar-refractivity contribution in [1.29, 1.82) is 0 Å². The molecule has 0 spiro atoms. The first kappa shape index (κ1) is 15.7. The van der Waals surface area contributed by atoms with Crippen molar-refractivity contribution >= 4 is 12.0 Å². The summed E-state index contributed by atoms with van der Waals surface area (Å²) in [6.07, 6.45) is 2.27. The lowest BCUT2D eigenvalue weighted by Crippen LogP contribution is -2.36. The van der Waals surface area contributed by atoms with Crippen LogP contribution in [0.1, 0.15) is 40.0 Å². The molecule has 0 rings (SSSR count). The highest BCUT2D eigenvalue weighted by atomic mass is 16.5. The highest BCUT2D eigenvalue weighted by Gasteiger charge is 2.14. The van der Waals surface area contributed by atoms with Crippen LogP contribution in [0.3, 0.4) is 0 Å². The number of ether oxygens (including phenoxy) is 1. The van der Waals surface area contributed by atoms with Crippen molar-refractivity contribution in [3.63, 3.8) is 0 Å². The zero-order valence-electron chi connectivity index (χ0n) is 11.0. The van der Waals surface area contributed by atoms with E-state index in [2.05, 4.69) is 10.6 Å². The van der Waals surface area contributed by atoms with Crippen LogP contribution in [0.15, 0.2) is 0 Å². The second-order valence-corrected chi connectivity index (χ2v) is 3.82. The first-order chi connectivity index (χ1) is 8.15. The van der Waals surface area contributed by atoms with Gasteiger partial charge in [0.2, 0.25) is 0 Å². The second kappa shape index (κ2) is 9.93. The van der Waals surface area contributed by atoms with E-state index in [0.29, 0.717) is 26.1 Å². The normalized spacial score (nSPS) is 10.1. The van der Waals surface area contributed by atoms with Gasteiger partial charge in [-0.25, -0.2) is 4.79 Å². The Morgan fingerprint density at radius 1 is 1.12 bits per heavy atom. The molecule has 0 heterocycles. The molecule has 5 nitrogen and oxygen atoms in total. The number of amides is 2. The van der Waals surface area contributed by atoms with E-state index in [1.165, 1.54) is 0 Å². The van der Waals surface area contributed by atoms with Gasteiger partial charge in [0.25, 0.3) is 0 Å². The number of urea groups is 1. The number of hydrogen-bond acceptors (Lipinski definition) is 3. The van der Waals surface area contributed by atoms with Gasteiger partial charge in [0.05, 0.1) is 12.5 Å². The van der Waals surface area contributed by atoms with Gasteiger partial charge in [-0.15, -0.1) is 0 Å². The molecule has 0 unspecified atom stereocenters. The molecule has 0 fully saturated rings. The van der Waals surface area contributed by atoms with E-state index in [1.54, 1.807) is 0 Å². The maximum Gasteiger partial charge on any atom is 0.314 e. The van der Waals surface area contributed by atoms with Crippen molar-refractivity contribution in [2.24, 2.45) is 5.92 Å². The summed E-state index contributed by atoms with van der Waals surface area (Å²) in [7, 11) is 0. The quantitative estimate of drug-likeness (QED) is 0.504. The van der Waals surface area contributed by atoms with Crippen LogP contribution in [0.5, 0.6) is 0 Å². The Kier molecular flexibility index (Phi) is 9.19. The maximum atomic E-state index is 11.5. The van der Waals surface area contributed by atoms with Gasteiger partial charge in [-0.1, -0.05) is 13.8 Å². The fourth-order valence-corrected chi connectivity index (χ4v) is 1.41. The third-order valence-corrected chi connectivity index (χ3v) is 2.51. The van der Waals surface area contributed by atoms with Gasteiger partial charge < -0.3 is 15.4 Å². The zero-order chi connectivity index (χ0) is 13.1. The number of nitrogens with one attached hydrogen (secondary N) is 2. The number of carbonyl (C=O) groups excluding carboxylic acids is 2. The third kappa shape index (κ3) is 7.60. The van der Waals surface area contributed by atoms with Crippen LogP contribution in [-0.4, -0.2) is 31.7 Å². The van der Waals surface area contributed by atoms with Crippen LogP contribution in [0.4, 0.5) is 4.79 Å². The minimum Gasteiger partial charge on any atom is -0.465 e. The summed E-state index contributed by atoms with van der Waals surface area (Å²) in [6.45, 7) is 7.30. The first-order valence-corrected chi connectivity index (χ1v) is 6.33. The van der Waals surface area contributed by atoms with E-state index in [9.17, 15) is 9.59 Å². The predicted octanol–water partition coefficient (Wildman–Crippen LogP) is 1.67. The standard InChI is InChI=1S/C12H24N2O3/c1-4-10(5-2)11(15)17-9-7-8-14-12(16)13-6-3/h10H,4-9H2,1-3H3,(H2,13,14,16). The Hall–Kier alpha value is -1.26. The molecule has 0 aliphatic rings. The van der Waals surface area contributed by atoms with Crippen molar-refractivity contribution < 1.29 is 14.3 Å². The first-order valence-electron chi connectivity index (χ1n) is 6.33. The molecule has 17 heavy (non-hydrogen) atoms. The van der Waals surface area contributed by atoms with Crippen LogP contribution in [0.2, 0.25) is 0 Å². The van der Waals surface area contributed by atoms with Gasteiger partial charge in [0, 0.05) is 13.1 Å². The van der Waals surface area contributed by atoms with Crippen molar-refractivity contribution in [2.45, 2.75) is 40.0 Å². The summed E-state index contributed by atoms with van der Waals surface area (Å²) in [4.78, 5) is 22.5. The molecule has 2 N–H and O–H groups in total. The Labute approximate surface area is 103 Å². The topological polar surface area (TPSA) is 67.4 Å². The molecule has 100 valence electrons. The van der Waals surface area contributed by atoms with Gasteiger partial charge in [0.1, 0.15) is 0 Å². The average Bonchev–Trinajstić information content (AvgIpc) is 2.30. The molecule has 0 bridgehead atoms. The van der Waals surface area contributed by atoms with Gasteiger partial charge in [-0.05, 0) is 26.2 Å². The molecular formula is C12H24N2O3. The highest BCUT2D eigenvalue weighted by molar-refractivity contribution is 5.73. The SMILES string of the molecule is CCNC(=O)NCCCOC(=O)C(CC)CC. The second-order valence-electron chi connectivity index (χ2n) is 3.82. The Morgan fingerprint density at radius 2 is 1.76 bits per heavy atom. The maximum absolute atomic E-state index is 11.5. The van der Waals surface area contributed by atoms with Gasteiger partial charge in [-0.2, -0.15) is 0 Å². The number of rotatable bonds is 8. The van der Waals surface area contributed by atoms with Crippen molar-refractivity contribution in [3.05, 3.63) is 0 Å². The fourth-order valence-electron chi connectivity index (χ4n) is 1.41. The van der Waals surface area contributed by atoms with Crippen molar-refractivity contribution in [3.8, 4) is 0 Å². The Morgan fingerprint density at radius 3 is 2.29 bits per heavy atom. The van der Waals surface area contributed by atoms with E-state index in [1.807, 2.05) is 20.8 Å². The lowest BCUT2D eigenvalue weighted by Gasteiger charge is -2.12. The largest absolute Gasteiger partial charge is 0.465 e. The minimum atomic E-state index is -0.182. The fraction of sp³-hybridized carbons (Fsp3) is 0.833. The summed E-state index contributed by atoms with van der Waals surface area (Å²) in [6, 6.07) is -0.182. The van der Waals surface area contributed by atoms with Crippen LogP contribution < -0.4 is 10.6 Å². The molecule has 0 aromatic heterocycles.